The van der Waals surface area contributed by atoms with Crippen LogP contribution in [-0.2, 0) is 7.05 Å². The number of aryl methyl sites for hydroxylation is 1. The molecule has 0 amide bonds. The summed E-state index contributed by atoms with van der Waals surface area (Å²) in [6.45, 7) is 0. The van der Waals surface area contributed by atoms with Crippen molar-refractivity contribution in [2.45, 2.75) is 0 Å². The highest BCUT2D eigenvalue weighted by Crippen LogP contribution is 2.26. The van der Waals surface area contributed by atoms with Crippen molar-refractivity contribution in [3.8, 4) is 10.6 Å². The van der Waals surface area contributed by atoms with Crippen LogP contribution in [0.25, 0.3) is 21.7 Å². The average molecular weight is 260 g/mol. The molecule has 2 heterocycles. The van der Waals surface area contributed by atoms with Gasteiger partial charge in [0.1, 0.15) is 10.7 Å². The molecular formula is C12H8N2O3S. The van der Waals surface area contributed by atoms with Crippen LogP contribution in [0.2, 0.25) is 0 Å². The fourth-order valence-corrected chi connectivity index (χ4v) is 2.49. The van der Waals surface area contributed by atoms with Crippen LogP contribution in [0.15, 0.2) is 32.8 Å². The summed E-state index contributed by atoms with van der Waals surface area (Å²) in [6, 6.07) is 5.38. The molecule has 0 atom stereocenters. The Morgan fingerprint density at radius 3 is 3.00 bits per heavy atom. The number of benzene rings is 1. The van der Waals surface area contributed by atoms with Crippen LogP contribution < -0.4 is 5.76 Å². The van der Waals surface area contributed by atoms with Crippen LogP contribution in [0.4, 0.5) is 0 Å². The van der Waals surface area contributed by atoms with E-state index in [9.17, 15) is 9.59 Å². The van der Waals surface area contributed by atoms with E-state index in [4.69, 9.17) is 4.42 Å². The second kappa shape index (κ2) is 3.92. The Kier molecular flexibility index (Phi) is 2.38. The van der Waals surface area contributed by atoms with E-state index < -0.39 is 5.76 Å². The number of fused-ring (bicyclic) bond motifs is 1. The van der Waals surface area contributed by atoms with Crippen molar-refractivity contribution in [2.24, 2.45) is 7.05 Å². The lowest BCUT2D eigenvalue weighted by molar-refractivity contribution is 0.111. The van der Waals surface area contributed by atoms with Crippen molar-refractivity contribution < 1.29 is 9.21 Å². The van der Waals surface area contributed by atoms with Gasteiger partial charge < -0.3 is 4.42 Å². The van der Waals surface area contributed by atoms with Crippen molar-refractivity contribution in [3.05, 3.63) is 39.8 Å². The molecular weight excluding hydrogens is 252 g/mol. The first-order valence-corrected chi connectivity index (χ1v) is 6.07. The second-order valence-corrected chi connectivity index (χ2v) is 4.66. The van der Waals surface area contributed by atoms with E-state index in [2.05, 4.69) is 4.98 Å². The fourth-order valence-electron chi connectivity index (χ4n) is 1.73. The minimum absolute atomic E-state index is 0.394. The van der Waals surface area contributed by atoms with Gasteiger partial charge in [0, 0.05) is 18.0 Å². The van der Waals surface area contributed by atoms with Crippen LogP contribution in [0.1, 0.15) is 10.5 Å². The Balaban J connectivity index is 2.20. The highest BCUT2D eigenvalue weighted by molar-refractivity contribution is 7.13. The van der Waals surface area contributed by atoms with Gasteiger partial charge in [-0.25, -0.2) is 9.78 Å². The number of aromatic nitrogens is 2. The molecule has 90 valence electrons. The largest absolute Gasteiger partial charge is 0.419 e. The van der Waals surface area contributed by atoms with Crippen LogP contribution in [0.3, 0.4) is 0 Å². The molecule has 0 unspecified atom stereocenters. The zero-order valence-electron chi connectivity index (χ0n) is 9.41. The zero-order valence-corrected chi connectivity index (χ0v) is 10.2. The molecule has 0 spiro atoms. The monoisotopic (exact) mass is 260 g/mol. The Morgan fingerprint density at radius 2 is 2.28 bits per heavy atom. The molecule has 0 N–H and O–H groups in total. The van der Waals surface area contributed by atoms with E-state index in [1.807, 2.05) is 12.1 Å². The molecule has 0 saturated carbocycles. The Hall–Kier alpha value is -2.21. The number of thiazole rings is 1. The first kappa shape index (κ1) is 10.9. The number of oxazole rings is 1. The summed E-state index contributed by atoms with van der Waals surface area (Å²) in [6.07, 6.45) is 0.714. The van der Waals surface area contributed by atoms with Gasteiger partial charge in [0.05, 0.1) is 5.52 Å². The van der Waals surface area contributed by atoms with Crippen LogP contribution in [0.5, 0.6) is 0 Å². The Morgan fingerprint density at radius 1 is 1.44 bits per heavy atom. The number of rotatable bonds is 2. The number of carbonyl (C=O) groups excluding carboxylic acids is 1. The van der Waals surface area contributed by atoms with E-state index >= 15 is 0 Å². The summed E-state index contributed by atoms with van der Waals surface area (Å²) in [4.78, 5) is 26.2. The Bertz CT molecular complexity index is 797. The number of nitrogens with zero attached hydrogens (tertiary/aromatic N) is 2. The average Bonchev–Trinajstić information content (AvgIpc) is 2.96. The normalized spacial score (nSPS) is 10.9. The van der Waals surface area contributed by atoms with Crippen molar-refractivity contribution in [1.82, 2.24) is 9.55 Å². The molecule has 3 rings (SSSR count). The molecule has 0 saturated heterocycles. The molecule has 0 aliphatic rings. The molecule has 6 heteroatoms. The predicted octanol–water partition coefficient (Wildman–Crippen LogP) is 2.07. The molecule has 0 bridgehead atoms. The lowest BCUT2D eigenvalue weighted by Gasteiger charge is -1.96. The molecule has 2 aromatic heterocycles. The first-order valence-electron chi connectivity index (χ1n) is 5.19. The summed E-state index contributed by atoms with van der Waals surface area (Å²) in [5.41, 5.74) is 2.52. The van der Waals surface area contributed by atoms with Gasteiger partial charge in [0.25, 0.3) is 0 Å². The third kappa shape index (κ3) is 1.58. The summed E-state index contributed by atoms with van der Waals surface area (Å²) in [5, 5.41) is 2.44. The van der Waals surface area contributed by atoms with Gasteiger partial charge in [-0.15, -0.1) is 11.3 Å². The summed E-state index contributed by atoms with van der Waals surface area (Å²) >= 11 is 1.39. The number of hydrogen-bond donors (Lipinski definition) is 0. The summed E-state index contributed by atoms with van der Waals surface area (Å²) in [7, 11) is 1.65. The first-order chi connectivity index (χ1) is 8.69. The van der Waals surface area contributed by atoms with Crippen LogP contribution >= 0.6 is 11.3 Å². The standard InChI is InChI=1S/C12H8N2O3S/c1-14-9-4-7(2-3-10(9)17-12(14)16)11-13-8(5-15)6-18-11/h2-6H,1H3. The van der Waals surface area contributed by atoms with E-state index in [0.717, 1.165) is 10.6 Å². The zero-order chi connectivity index (χ0) is 12.7. The van der Waals surface area contributed by atoms with Gasteiger partial charge in [-0.3, -0.25) is 9.36 Å². The third-order valence-electron chi connectivity index (χ3n) is 2.68. The quantitative estimate of drug-likeness (QED) is 0.661. The minimum Gasteiger partial charge on any atom is -0.408 e. The maximum atomic E-state index is 11.4. The molecule has 0 aliphatic carbocycles. The third-order valence-corrected chi connectivity index (χ3v) is 3.59. The molecule has 0 aliphatic heterocycles. The second-order valence-electron chi connectivity index (χ2n) is 3.80. The van der Waals surface area contributed by atoms with Crippen molar-refractivity contribution in [1.29, 1.82) is 0 Å². The maximum Gasteiger partial charge on any atom is 0.419 e. The molecule has 18 heavy (non-hydrogen) atoms. The lowest BCUT2D eigenvalue weighted by Crippen LogP contribution is -2.08. The van der Waals surface area contributed by atoms with Gasteiger partial charge in [-0.05, 0) is 18.2 Å². The van der Waals surface area contributed by atoms with Crippen molar-refractivity contribution in [3.63, 3.8) is 0 Å². The van der Waals surface area contributed by atoms with Crippen LogP contribution in [-0.4, -0.2) is 15.8 Å². The highest BCUT2D eigenvalue weighted by atomic mass is 32.1. The van der Waals surface area contributed by atoms with E-state index in [-0.39, 0.29) is 0 Å². The molecule has 0 fully saturated rings. The van der Waals surface area contributed by atoms with Gasteiger partial charge in [0.15, 0.2) is 11.9 Å². The molecule has 3 aromatic rings. The van der Waals surface area contributed by atoms with Crippen LogP contribution in [0, 0.1) is 0 Å². The van der Waals surface area contributed by atoms with Crippen molar-refractivity contribution in [2.75, 3.05) is 0 Å². The summed E-state index contributed by atoms with van der Waals surface area (Å²) < 4.78 is 6.49. The minimum atomic E-state index is -0.394. The number of aldehydes is 1. The van der Waals surface area contributed by atoms with Crippen molar-refractivity contribution >= 4 is 28.7 Å². The Labute approximate surface area is 105 Å². The molecule has 0 radical (unpaired) electrons. The van der Waals surface area contributed by atoms with E-state index in [1.165, 1.54) is 15.9 Å². The number of carbonyl (C=O) groups is 1. The van der Waals surface area contributed by atoms with Gasteiger partial charge in [-0.1, -0.05) is 0 Å². The predicted molar refractivity (Wildman–Crippen MR) is 68.0 cm³/mol. The molecule has 5 nitrogen and oxygen atoms in total. The number of hydrogen-bond acceptors (Lipinski definition) is 5. The fraction of sp³-hybridized carbons (Fsp3) is 0.0833. The highest BCUT2D eigenvalue weighted by Gasteiger charge is 2.09. The van der Waals surface area contributed by atoms with Gasteiger partial charge in [0.2, 0.25) is 0 Å². The summed E-state index contributed by atoms with van der Waals surface area (Å²) in [5.74, 6) is -0.394. The van der Waals surface area contributed by atoms with Gasteiger partial charge in [-0.2, -0.15) is 0 Å². The topological polar surface area (TPSA) is 65.1 Å². The van der Waals surface area contributed by atoms with E-state index in [1.54, 1.807) is 18.5 Å². The lowest BCUT2D eigenvalue weighted by atomic mass is 10.2. The van der Waals surface area contributed by atoms with E-state index in [0.29, 0.717) is 23.1 Å². The maximum absolute atomic E-state index is 11.4. The van der Waals surface area contributed by atoms with Gasteiger partial charge >= 0.3 is 5.76 Å². The smallest absolute Gasteiger partial charge is 0.408 e. The molecule has 1 aromatic carbocycles. The SMILES string of the molecule is Cn1c(=O)oc2ccc(-c3nc(C=O)cs3)cc21.